The number of amides is 2. The van der Waals surface area contributed by atoms with E-state index in [1.54, 1.807) is 30.4 Å². The monoisotopic (exact) mass is 489 g/mol. The van der Waals surface area contributed by atoms with Gasteiger partial charge in [-0.2, -0.15) is 5.10 Å². The van der Waals surface area contributed by atoms with Crippen molar-refractivity contribution in [2.45, 2.75) is 19.0 Å². The third kappa shape index (κ3) is 3.62. The highest BCUT2D eigenvalue weighted by Gasteiger charge is 2.64. The van der Waals surface area contributed by atoms with Crippen LogP contribution >= 0.6 is 0 Å². The van der Waals surface area contributed by atoms with Gasteiger partial charge in [0.1, 0.15) is 23.3 Å². The van der Waals surface area contributed by atoms with Crippen molar-refractivity contribution >= 4 is 35.5 Å². The first-order valence-corrected chi connectivity index (χ1v) is 11.3. The zero-order valence-corrected chi connectivity index (χ0v) is 19.8. The molecule has 0 aromatic heterocycles. The van der Waals surface area contributed by atoms with Crippen LogP contribution in [0.3, 0.4) is 0 Å². The fourth-order valence-corrected chi connectivity index (χ4v) is 5.07. The van der Waals surface area contributed by atoms with Gasteiger partial charge in [0, 0.05) is 24.8 Å². The Bertz CT molecular complexity index is 1320. The third-order valence-electron chi connectivity index (χ3n) is 6.59. The van der Waals surface area contributed by atoms with Gasteiger partial charge in [0.15, 0.2) is 5.78 Å². The van der Waals surface area contributed by atoms with Crippen LogP contribution in [0.2, 0.25) is 0 Å². The number of benzene rings is 2. The number of methoxy groups -OCH3 is 2. The number of nitrogens with zero attached hydrogens (tertiary/aromatic N) is 3. The maximum atomic E-state index is 13.8. The number of carbonyl (C=O) groups is 4. The van der Waals surface area contributed by atoms with Crippen molar-refractivity contribution in [3.8, 4) is 17.2 Å². The Balaban J connectivity index is 1.54. The maximum Gasteiger partial charge on any atom is 0.308 e. The van der Waals surface area contributed by atoms with E-state index in [0.717, 1.165) is 4.90 Å². The second-order valence-electron chi connectivity index (χ2n) is 8.55. The number of hydrazone groups is 1. The normalized spacial score (nSPS) is 24.0. The number of esters is 1. The first kappa shape index (κ1) is 23.3. The number of ether oxygens (including phenoxy) is 3. The van der Waals surface area contributed by atoms with Gasteiger partial charge in [0.05, 0.1) is 37.8 Å². The number of hydrogen-bond donors (Lipinski definition) is 0. The van der Waals surface area contributed by atoms with Gasteiger partial charge in [0.25, 0.3) is 0 Å². The lowest BCUT2D eigenvalue weighted by Crippen LogP contribution is -2.46. The van der Waals surface area contributed by atoms with Crippen molar-refractivity contribution in [2.75, 3.05) is 19.1 Å². The van der Waals surface area contributed by atoms with E-state index in [4.69, 9.17) is 14.2 Å². The number of hydrogen-bond acceptors (Lipinski definition) is 9. The van der Waals surface area contributed by atoms with Crippen LogP contribution in [-0.4, -0.2) is 61.1 Å². The first-order valence-electron chi connectivity index (χ1n) is 11.3. The van der Waals surface area contributed by atoms with Crippen LogP contribution in [0.1, 0.15) is 17.3 Å². The molecule has 10 heteroatoms. The summed E-state index contributed by atoms with van der Waals surface area (Å²) in [5.74, 6) is -2.48. The summed E-state index contributed by atoms with van der Waals surface area (Å²) in [4.78, 5) is 53.6. The molecule has 2 fully saturated rings. The molecule has 0 saturated carbocycles. The van der Waals surface area contributed by atoms with Gasteiger partial charge in [-0.05, 0) is 42.5 Å². The molecule has 2 aromatic carbocycles. The SMILES string of the molecule is COc1ccc(OC)c(N2C(=O)[C@@H]3[C@H](C2=O)[C@H]2C=CC=NN2[C@@H]3C(=O)c2ccc(OC(C)=O)cc2)c1. The molecule has 3 heterocycles. The van der Waals surface area contributed by atoms with Crippen molar-refractivity contribution in [1.29, 1.82) is 0 Å². The highest BCUT2D eigenvalue weighted by atomic mass is 16.5. The number of ketones is 1. The van der Waals surface area contributed by atoms with Crippen LogP contribution in [-0.2, 0) is 14.4 Å². The van der Waals surface area contributed by atoms with E-state index in [0.29, 0.717) is 22.8 Å². The molecule has 10 nitrogen and oxygen atoms in total. The Morgan fingerprint density at radius 3 is 2.28 bits per heavy atom. The quantitative estimate of drug-likeness (QED) is 0.263. The van der Waals surface area contributed by atoms with Crippen molar-refractivity contribution < 1.29 is 33.4 Å². The second kappa shape index (κ2) is 8.95. The van der Waals surface area contributed by atoms with Crippen LogP contribution in [0.25, 0.3) is 0 Å². The van der Waals surface area contributed by atoms with E-state index in [-0.39, 0.29) is 11.5 Å². The predicted molar refractivity (Wildman–Crippen MR) is 128 cm³/mol. The minimum Gasteiger partial charge on any atom is -0.497 e. The Hall–Kier alpha value is -4.47. The summed E-state index contributed by atoms with van der Waals surface area (Å²) in [6.45, 7) is 1.28. The molecule has 2 aromatic rings. The van der Waals surface area contributed by atoms with Gasteiger partial charge in [-0.3, -0.25) is 24.2 Å². The van der Waals surface area contributed by atoms with E-state index in [2.05, 4.69) is 5.10 Å². The fourth-order valence-electron chi connectivity index (χ4n) is 5.07. The van der Waals surface area contributed by atoms with E-state index in [9.17, 15) is 19.2 Å². The lowest BCUT2D eigenvalue weighted by Gasteiger charge is -2.30. The van der Waals surface area contributed by atoms with Gasteiger partial charge in [0.2, 0.25) is 11.8 Å². The molecule has 0 aliphatic carbocycles. The standard InChI is InChI=1S/C26H23N3O7/c1-14(30)36-16-8-6-15(7-9-16)24(31)23-22-21(18-5-4-12-27-29(18)23)25(32)28(26(22)33)19-13-17(34-2)10-11-20(19)35-3/h4-13,18,21-23H,1-3H3/t18-,21-,22-,23+/m1/s1. The molecule has 0 radical (unpaired) electrons. The van der Waals surface area contributed by atoms with E-state index in [1.165, 1.54) is 56.6 Å². The number of anilines is 1. The van der Waals surface area contributed by atoms with E-state index >= 15 is 0 Å². The zero-order chi connectivity index (χ0) is 25.6. The van der Waals surface area contributed by atoms with Crippen LogP contribution in [0.5, 0.6) is 17.2 Å². The summed E-state index contributed by atoms with van der Waals surface area (Å²) >= 11 is 0. The summed E-state index contributed by atoms with van der Waals surface area (Å²) < 4.78 is 15.7. The minimum absolute atomic E-state index is 0.257. The van der Waals surface area contributed by atoms with Crippen molar-refractivity contribution in [3.63, 3.8) is 0 Å². The molecule has 0 spiro atoms. The smallest absolute Gasteiger partial charge is 0.308 e. The Kier molecular flexibility index (Phi) is 5.79. The van der Waals surface area contributed by atoms with Crippen molar-refractivity contribution in [2.24, 2.45) is 16.9 Å². The molecular weight excluding hydrogens is 466 g/mol. The number of allylic oxidation sites excluding steroid dienone is 1. The fraction of sp³-hybridized carbons (Fsp3) is 0.269. The van der Waals surface area contributed by atoms with Gasteiger partial charge in [-0.1, -0.05) is 6.08 Å². The summed E-state index contributed by atoms with van der Waals surface area (Å²) in [7, 11) is 2.93. The number of imide groups is 1. The largest absolute Gasteiger partial charge is 0.497 e. The van der Waals surface area contributed by atoms with E-state index < -0.39 is 41.7 Å². The maximum absolute atomic E-state index is 13.8. The molecule has 2 amide bonds. The Morgan fingerprint density at radius 1 is 0.917 bits per heavy atom. The third-order valence-corrected chi connectivity index (χ3v) is 6.59. The average Bonchev–Trinajstić information content (AvgIpc) is 3.35. The molecule has 3 aliphatic rings. The number of Topliss-reactive ketones (excluding diaryl/α,β-unsaturated/α-hetero) is 1. The van der Waals surface area contributed by atoms with Gasteiger partial charge >= 0.3 is 5.97 Å². The molecule has 0 bridgehead atoms. The molecule has 36 heavy (non-hydrogen) atoms. The van der Waals surface area contributed by atoms with Crippen LogP contribution in [0, 0.1) is 11.8 Å². The second-order valence-corrected chi connectivity index (χ2v) is 8.55. The van der Waals surface area contributed by atoms with Crippen LogP contribution in [0.4, 0.5) is 5.69 Å². The Labute approximate surface area is 206 Å². The molecule has 184 valence electrons. The predicted octanol–water partition coefficient (Wildman–Crippen LogP) is 2.23. The highest BCUT2D eigenvalue weighted by Crippen LogP contribution is 2.48. The van der Waals surface area contributed by atoms with Crippen molar-refractivity contribution in [3.05, 3.63) is 60.2 Å². The van der Waals surface area contributed by atoms with Crippen LogP contribution < -0.4 is 19.1 Å². The lowest BCUT2D eigenvalue weighted by atomic mass is 9.86. The zero-order valence-electron chi connectivity index (χ0n) is 19.8. The molecular formula is C26H23N3O7. The topological polar surface area (TPSA) is 115 Å². The van der Waals surface area contributed by atoms with Crippen molar-refractivity contribution in [1.82, 2.24) is 5.01 Å². The average molecular weight is 489 g/mol. The number of fused-ring (bicyclic) bond motifs is 3. The molecule has 5 rings (SSSR count). The molecule has 3 aliphatic heterocycles. The molecule has 0 unspecified atom stereocenters. The summed E-state index contributed by atoms with van der Waals surface area (Å²) in [6.07, 6.45) is 5.00. The first-order chi connectivity index (χ1) is 17.3. The number of carbonyl (C=O) groups excluding carboxylic acids is 4. The molecule has 0 N–H and O–H groups in total. The molecule has 4 atom stereocenters. The number of rotatable bonds is 6. The molecule has 2 saturated heterocycles. The van der Waals surface area contributed by atoms with Gasteiger partial charge in [-0.25, -0.2) is 4.90 Å². The minimum atomic E-state index is -1.00. The summed E-state index contributed by atoms with van der Waals surface area (Å²) in [5.41, 5.74) is 0.561. The summed E-state index contributed by atoms with van der Waals surface area (Å²) in [5, 5.41) is 5.89. The highest BCUT2D eigenvalue weighted by molar-refractivity contribution is 6.25. The van der Waals surface area contributed by atoms with Gasteiger partial charge in [-0.15, -0.1) is 0 Å². The summed E-state index contributed by atoms with van der Waals surface area (Å²) in [6, 6.07) is 9.35. The van der Waals surface area contributed by atoms with Crippen LogP contribution in [0.15, 0.2) is 59.7 Å². The Morgan fingerprint density at radius 2 is 1.61 bits per heavy atom. The lowest BCUT2D eigenvalue weighted by molar-refractivity contribution is -0.132. The van der Waals surface area contributed by atoms with Gasteiger partial charge < -0.3 is 14.2 Å². The van der Waals surface area contributed by atoms with E-state index in [1.807, 2.05) is 0 Å².